The van der Waals surface area contributed by atoms with E-state index in [9.17, 15) is 4.79 Å². The van der Waals surface area contributed by atoms with E-state index in [2.05, 4.69) is 21.8 Å². The van der Waals surface area contributed by atoms with Gasteiger partial charge in [0.25, 0.3) is 0 Å². The van der Waals surface area contributed by atoms with Crippen LogP contribution in [0.3, 0.4) is 0 Å². The van der Waals surface area contributed by atoms with Gasteiger partial charge in [0.15, 0.2) is 0 Å². The first-order valence-electron chi connectivity index (χ1n) is 10.1. The maximum Gasteiger partial charge on any atom is 0.322 e. The van der Waals surface area contributed by atoms with Crippen molar-refractivity contribution >= 4 is 23.0 Å². The molecule has 0 aliphatic carbocycles. The molecular weight excluding hydrogens is 396 g/mol. The molecule has 0 radical (unpaired) electrons. The number of aryl methyl sites for hydroxylation is 1. The van der Waals surface area contributed by atoms with Crippen LogP contribution in [0.1, 0.15) is 18.2 Å². The zero-order valence-corrected chi connectivity index (χ0v) is 18.8. The van der Waals surface area contributed by atoms with E-state index in [-0.39, 0.29) is 6.03 Å². The molecule has 2 aromatic rings. The highest BCUT2D eigenvalue weighted by Gasteiger charge is 2.23. The number of ether oxygens (including phenoxy) is 3. The van der Waals surface area contributed by atoms with Gasteiger partial charge in [-0.2, -0.15) is 0 Å². The van der Waals surface area contributed by atoms with Gasteiger partial charge in [0.05, 0.1) is 21.3 Å². The smallest absolute Gasteiger partial charge is 0.322 e. The van der Waals surface area contributed by atoms with Gasteiger partial charge in [-0.1, -0.05) is 6.58 Å². The van der Waals surface area contributed by atoms with Crippen LogP contribution in [0.25, 0.3) is 5.57 Å². The molecule has 166 valence electrons. The fourth-order valence-electron chi connectivity index (χ4n) is 3.60. The van der Waals surface area contributed by atoms with Gasteiger partial charge in [-0.15, -0.1) is 0 Å². The van der Waals surface area contributed by atoms with Gasteiger partial charge >= 0.3 is 6.03 Å². The van der Waals surface area contributed by atoms with E-state index in [4.69, 9.17) is 14.2 Å². The van der Waals surface area contributed by atoms with Crippen molar-refractivity contribution in [1.82, 2.24) is 9.88 Å². The number of amides is 2. The Morgan fingerprint density at radius 3 is 2.13 bits per heavy atom. The first-order valence-corrected chi connectivity index (χ1v) is 10.1. The van der Waals surface area contributed by atoms with E-state index in [1.807, 2.05) is 38.1 Å². The molecule has 8 nitrogen and oxygen atoms in total. The van der Waals surface area contributed by atoms with Crippen LogP contribution in [0.4, 0.5) is 16.2 Å². The maximum absolute atomic E-state index is 12.9. The van der Waals surface area contributed by atoms with Crippen molar-refractivity contribution in [3.63, 3.8) is 0 Å². The Bertz CT molecular complexity index is 946. The number of aromatic nitrogens is 1. The molecule has 1 fully saturated rings. The van der Waals surface area contributed by atoms with Crippen LogP contribution in [-0.2, 0) is 0 Å². The van der Waals surface area contributed by atoms with Crippen molar-refractivity contribution in [2.45, 2.75) is 13.8 Å². The number of anilines is 2. The molecule has 31 heavy (non-hydrogen) atoms. The Morgan fingerprint density at radius 2 is 1.61 bits per heavy atom. The van der Waals surface area contributed by atoms with Gasteiger partial charge in [-0.05, 0) is 25.5 Å². The molecule has 3 rings (SSSR count). The number of piperazine rings is 1. The lowest BCUT2D eigenvalue weighted by molar-refractivity contribution is 0.208. The molecule has 8 heteroatoms. The van der Waals surface area contributed by atoms with E-state index in [1.165, 1.54) is 0 Å². The van der Waals surface area contributed by atoms with Gasteiger partial charge in [-0.3, -0.25) is 0 Å². The number of carbonyl (C=O) groups is 1. The summed E-state index contributed by atoms with van der Waals surface area (Å²) in [5, 5.41) is 2.94. The van der Waals surface area contributed by atoms with Crippen LogP contribution in [0.2, 0.25) is 0 Å². The molecule has 0 bridgehead atoms. The Kier molecular flexibility index (Phi) is 6.89. The van der Waals surface area contributed by atoms with Gasteiger partial charge < -0.3 is 29.3 Å². The number of carbonyl (C=O) groups excluding carboxylic acids is 1. The summed E-state index contributed by atoms with van der Waals surface area (Å²) in [5.41, 5.74) is 4.13. The summed E-state index contributed by atoms with van der Waals surface area (Å²) in [5.74, 6) is 1.86. The van der Waals surface area contributed by atoms with Crippen LogP contribution >= 0.6 is 0 Å². The lowest BCUT2D eigenvalue weighted by Gasteiger charge is -2.36. The van der Waals surface area contributed by atoms with Crippen molar-refractivity contribution in [2.24, 2.45) is 0 Å². The molecule has 0 spiro atoms. The van der Waals surface area contributed by atoms with Gasteiger partial charge in [0, 0.05) is 61.3 Å². The molecule has 2 heterocycles. The largest absolute Gasteiger partial charge is 0.497 e. The minimum atomic E-state index is -0.181. The average molecular weight is 427 g/mol. The number of rotatable bonds is 6. The lowest BCUT2D eigenvalue weighted by atomic mass is 10.1. The topological polar surface area (TPSA) is 76.2 Å². The highest BCUT2D eigenvalue weighted by molar-refractivity contribution is 5.91. The summed E-state index contributed by atoms with van der Waals surface area (Å²) < 4.78 is 16.1. The van der Waals surface area contributed by atoms with E-state index in [0.29, 0.717) is 37.7 Å². The van der Waals surface area contributed by atoms with Crippen molar-refractivity contribution in [3.05, 3.63) is 42.1 Å². The SMILES string of the molecule is C=C(C)c1cc(NC(=O)N2CCN(c3cc(OC)cc(OC)c3)CC2)c(OC)nc1C. The highest BCUT2D eigenvalue weighted by atomic mass is 16.5. The molecule has 0 saturated carbocycles. The molecular formula is C23H30N4O4. The quantitative estimate of drug-likeness (QED) is 0.757. The highest BCUT2D eigenvalue weighted by Crippen LogP contribution is 2.30. The van der Waals surface area contributed by atoms with E-state index in [0.717, 1.165) is 34.0 Å². The Balaban J connectivity index is 1.69. The van der Waals surface area contributed by atoms with Gasteiger partial charge in [0.1, 0.15) is 17.2 Å². The predicted molar refractivity (Wildman–Crippen MR) is 123 cm³/mol. The summed E-state index contributed by atoms with van der Waals surface area (Å²) in [7, 11) is 4.81. The molecule has 1 aliphatic heterocycles. The van der Waals surface area contributed by atoms with Crippen molar-refractivity contribution in [1.29, 1.82) is 0 Å². The number of hydrogen-bond acceptors (Lipinski definition) is 6. The minimum absolute atomic E-state index is 0.181. The van der Waals surface area contributed by atoms with Crippen LogP contribution in [-0.4, -0.2) is 63.4 Å². The maximum atomic E-state index is 12.9. The van der Waals surface area contributed by atoms with E-state index in [1.54, 1.807) is 26.2 Å². The Morgan fingerprint density at radius 1 is 1.00 bits per heavy atom. The van der Waals surface area contributed by atoms with Crippen LogP contribution in [0.5, 0.6) is 17.4 Å². The minimum Gasteiger partial charge on any atom is -0.497 e. The molecule has 0 atom stereocenters. The van der Waals surface area contributed by atoms with Crippen molar-refractivity contribution in [3.8, 4) is 17.4 Å². The molecule has 2 amide bonds. The second-order valence-electron chi connectivity index (χ2n) is 7.43. The molecule has 0 unspecified atom stereocenters. The molecule has 1 saturated heterocycles. The predicted octanol–water partition coefficient (Wildman–Crippen LogP) is 3.80. The van der Waals surface area contributed by atoms with Crippen LogP contribution in [0.15, 0.2) is 30.8 Å². The molecule has 1 aromatic carbocycles. The van der Waals surface area contributed by atoms with Crippen molar-refractivity contribution in [2.75, 3.05) is 57.7 Å². The molecule has 1 aromatic heterocycles. The van der Waals surface area contributed by atoms with Crippen molar-refractivity contribution < 1.29 is 19.0 Å². The first kappa shape index (κ1) is 22.3. The average Bonchev–Trinajstić information content (AvgIpc) is 2.79. The normalized spacial score (nSPS) is 13.6. The third-order valence-corrected chi connectivity index (χ3v) is 5.34. The fraction of sp³-hybridized carbons (Fsp3) is 0.391. The van der Waals surface area contributed by atoms with Gasteiger partial charge in [0.2, 0.25) is 5.88 Å². The number of hydrogen-bond donors (Lipinski definition) is 1. The van der Waals surface area contributed by atoms with E-state index < -0.39 is 0 Å². The fourth-order valence-corrected chi connectivity index (χ4v) is 3.60. The number of allylic oxidation sites excluding steroid dienone is 1. The number of benzene rings is 1. The third kappa shape index (κ3) is 5.02. The number of pyridine rings is 1. The number of urea groups is 1. The summed E-state index contributed by atoms with van der Waals surface area (Å²) in [4.78, 5) is 21.3. The molecule has 1 N–H and O–H groups in total. The number of methoxy groups -OCH3 is 3. The summed E-state index contributed by atoms with van der Waals surface area (Å²) in [6.07, 6.45) is 0. The van der Waals surface area contributed by atoms with Crippen LogP contribution in [0, 0.1) is 6.92 Å². The van der Waals surface area contributed by atoms with Gasteiger partial charge in [-0.25, -0.2) is 9.78 Å². The third-order valence-electron chi connectivity index (χ3n) is 5.34. The second kappa shape index (κ2) is 9.59. The summed E-state index contributed by atoms with van der Waals surface area (Å²) in [6, 6.07) is 7.47. The lowest BCUT2D eigenvalue weighted by Crippen LogP contribution is -2.50. The molecule has 1 aliphatic rings. The standard InChI is InChI=1S/C23H30N4O4/c1-15(2)20-14-21(22(31-6)24-16(20)3)25-23(28)27-9-7-26(8-10-27)17-11-18(29-4)13-19(12-17)30-5/h11-14H,1,7-10H2,2-6H3,(H,25,28). The number of nitrogens with zero attached hydrogens (tertiary/aromatic N) is 3. The zero-order chi connectivity index (χ0) is 22.5. The van der Waals surface area contributed by atoms with Crippen LogP contribution < -0.4 is 24.4 Å². The Labute approximate surface area is 183 Å². The summed E-state index contributed by atoms with van der Waals surface area (Å²) in [6.45, 7) is 10.4. The second-order valence-corrected chi connectivity index (χ2v) is 7.43. The summed E-state index contributed by atoms with van der Waals surface area (Å²) >= 11 is 0. The first-order chi connectivity index (χ1) is 14.9. The van der Waals surface area contributed by atoms with E-state index >= 15 is 0 Å². The number of nitrogens with one attached hydrogen (secondary N) is 1. The zero-order valence-electron chi connectivity index (χ0n) is 18.8. The monoisotopic (exact) mass is 426 g/mol. The Hall–Kier alpha value is -3.42.